The summed E-state index contributed by atoms with van der Waals surface area (Å²) in [5.74, 6) is 3.16. The van der Waals surface area contributed by atoms with Crippen molar-refractivity contribution in [2.24, 2.45) is 5.92 Å². The minimum Gasteiger partial charge on any atom is -0.468 e. The van der Waals surface area contributed by atoms with Crippen molar-refractivity contribution in [3.8, 4) is 0 Å². The van der Waals surface area contributed by atoms with Crippen molar-refractivity contribution >= 4 is 5.91 Å². The first-order valence-electron chi connectivity index (χ1n) is 11.4. The van der Waals surface area contributed by atoms with Crippen LogP contribution in [-0.2, 0) is 19.5 Å². The molecule has 7 nitrogen and oxygen atoms in total. The van der Waals surface area contributed by atoms with E-state index in [-0.39, 0.29) is 11.9 Å². The number of rotatable bonds is 7. The van der Waals surface area contributed by atoms with Gasteiger partial charge in [-0.15, -0.1) is 10.2 Å². The first kappa shape index (κ1) is 22.3. The van der Waals surface area contributed by atoms with Gasteiger partial charge in [-0.25, -0.2) is 0 Å². The summed E-state index contributed by atoms with van der Waals surface area (Å²) in [4.78, 5) is 15.5. The second kappa shape index (κ2) is 9.69. The van der Waals surface area contributed by atoms with E-state index in [1.807, 2.05) is 38.1 Å². The molecule has 0 bridgehead atoms. The number of benzene rings is 1. The molecule has 1 amide bonds. The Balaban J connectivity index is 1.52. The minimum atomic E-state index is -0.179. The number of hydrogen-bond acceptors (Lipinski definition) is 5. The van der Waals surface area contributed by atoms with Crippen LogP contribution in [0.15, 0.2) is 41.0 Å². The third-order valence-corrected chi connectivity index (χ3v) is 5.92. The van der Waals surface area contributed by atoms with Gasteiger partial charge in [-0.05, 0) is 50.5 Å². The van der Waals surface area contributed by atoms with E-state index in [4.69, 9.17) is 4.42 Å². The minimum absolute atomic E-state index is 0.0622. The van der Waals surface area contributed by atoms with E-state index in [9.17, 15) is 4.79 Å². The van der Waals surface area contributed by atoms with Crippen LogP contribution in [0.5, 0.6) is 0 Å². The van der Waals surface area contributed by atoms with Gasteiger partial charge in [0.05, 0.1) is 18.8 Å². The van der Waals surface area contributed by atoms with Crippen LogP contribution in [-0.4, -0.2) is 38.7 Å². The predicted molar refractivity (Wildman–Crippen MR) is 123 cm³/mol. The number of aryl methyl sites for hydroxylation is 2. The summed E-state index contributed by atoms with van der Waals surface area (Å²) in [6.45, 7) is 11.7. The molecule has 0 aliphatic carbocycles. The van der Waals surface area contributed by atoms with Crippen LogP contribution < -0.4 is 5.32 Å². The SMILES string of the molecule is Cc1cc(C)cc(C(=O)NC(CC(C)C)c2nnc3n2CCN(Cc2ccco2)CC3)c1. The molecule has 7 heteroatoms. The van der Waals surface area contributed by atoms with Crippen molar-refractivity contribution < 1.29 is 9.21 Å². The molecule has 0 spiro atoms. The van der Waals surface area contributed by atoms with Gasteiger partial charge in [0.15, 0.2) is 5.82 Å². The molecule has 1 unspecified atom stereocenters. The normalized spacial score (nSPS) is 15.4. The topological polar surface area (TPSA) is 76.2 Å². The average molecular weight is 436 g/mol. The number of carbonyl (C=O) groups is 1. The molecule has 3 heterocycles. The Labute approximate surface area is 189 Å². The Hall–Kier alpha value is -2.93. The smallest absolute Gasteiger partial charge is 0.251 e. The number of carbonyl (C=O) groups excluding carboxylic acids is 1. The highest BCUT2D eigenvalue weighted by Gasteiger charge is 2.26. The Bertz CT molecular complexity index is 1030. The Morgan fingerprint density at radius 3 is 2.59 bits per heavy atom. The zero-order chi connectivity index (χ0) is 22.7. The van der Waals surface area contributed by atoms with Gasteiger partial charge in [0.25, 0.3) is 5.91 Å². The van der Waals surface area contributed by atoms with Crippen LogP contribution in [0, 0.1) is 19.8 Å². The predicted octanol–water partition coefficient (Wildman–Crippen LogP) is 4.06. The van der Waals surface area contributed by atoms with Crippen molar-refractivity contribution in [3.05, 3.63) is 70.7 Å². The maximum atomic E-state index is 13.1. The van der Waals surface area contributed by atoms with E-state index in [0.717, 1.165) is 67.6 Å². The molecule has 170 valence electrons. The molecule has 32 heavy (non-hydrogen) atoms. The van der Waals surface area contributed by atoms with Gasteiger partial charge in [-0.3, -0.25) is 9.69 Å². The van der Waals surface area contributed by atoms with Gasteiger partial charge in [-0.1, -0.05) is 31.0 Å². The highest BCUT2D eigenvalue weighted by Crippen LogP contribution is 2.23. The zero-order valence-electron chi connectivity index (χ0n) is 19.5. The summed E-state index contributed by atoms with van der Waals surface area (Å²) in [6.07, 6.45) is 3.35. The van der Waals surface area contributed by atoms with Crippen molar-refractivity contribution in [2.75, 3.05) is 13.1 Å². The molecule has 1 aliphatic rings. The van der Waals surface area contributed by atoms with Gasteiger partial charge in [0.2, 0.25) is 0 Å². The standard InChI is InChI=1S/C25H33N5O2/c1-17(2)12-22(26-25(31)20-14-18(3)13-19(4)15-20)24-28-27-23-7-8-29(9-10-30(23)24)16-21-6-5-11-32-21/h5-6,11,13-15,17,22H,7-10,12,16H2,1-4H3,(H,26,31). The maximum absolute atomic E-state index is 13.1. The van der Waals surface area contributed by atoms with Gasteiger partial charge in [0.1, 0.15) is 11.6 Å². The summed E-state index contributed by atoms with van der Waals surface area (Å²) < 4.78 is 7.73. The molecular formula is C25H33N5O2. The second-order valence-corrected chi connectivity index (χ2v) is 9.26. The van der Waals surface area contributed by atoms with E-state index in [0.29, 0.717) is 11.5 Å². The van der Waals surface area contributed by atoms with Crippen molar-refractivity contribution in [2.45, 2.75) is 59.7 Å². The number of nitrogens with one attached hydrogen (secondary N) is 1. The molecule has 1 aliphatic heterocycles. The Morgan fingerprint density at radius 1 is 1.12 bits per heavy atom. The average Bonchev–Trinajstić information content (AvgIpc) is 3.34. The summed E-state index contributed by atoms with van der Waals surface area (Å²) in [6, 6.07) is 9.71. The fraction of sp³-hybridized carbons (Fsp3) is 0.480. The lowest BCUT2D eigenvalue weighted by Crippen LogP contribution is -2.32. The number of amides is 1. The van der Waals surface area contributed by atoms with Crippen LogP contribution in [0.2, 0.25) is 0 Å². The molecule has 2 aromatic heterocycles. The number of hydrogen-bond donors (Lipinski definition) is 1. The summed E-state index contributed by atoms with van der Waals surface area (Å²) in [5, 5.41) is 12.3. The fourth-order valence-corrected chi connectivity index (χ4v) is 4.48. The third-order valence-electron chi connectivity index (χ3n) is 5.92. The van der Waals surface area contributed by atoms with Crippen LogP contribution in [0.1, 0.15) is 65.2 Å². The fourth-order valence-electron chi connectivity index (χ4n) is 4.48. The van der Waals surface area contributed by atoms with Crippen molar-refractivity contribution in [3.63, 3.8) is 0 Å². The van der Waals surface area contributed by atoms with Crippen LogP contribution in [0.3, 0.4) is 0 Å². The zero-order valence-corrected chi connectivity index (χ0v) is 19.5. The third kappa shape index (κ3) is 5.27. The summed E-state index contributed by atoms with van der Waals surface area (Å²) >= 11 is 0. The lowest BCUT2D eigenvalue weighted by molar-refractivity contribution is 0.0928. The quantitative estimate of drug-likeness (QED) is 0.606. The van der Waals surface area contributed by atoms with Gasteiger partial charge in [-0.2, -0.15) is 0 Å². The monoisotopic (exact) mass is 435 g/mol. The molecule has 0 radical (unpaired) electrons. The maximum Gasteiger partial charge on any atom is 0.251 e. The lowest BCUT2D eigenvalue weighted by atomic mass is 10.0. The largest absolute Gasteiger partial charge is 0.468 e. The van der Waals surface area contributed by atoms with Crippen LogP contribution >= 0.6 is 0 Å². The van der Waals surface area contributed by atoms with Crippen molar-refractivity contribution in [1.29, 1.82) is 0 Å². The Kier molecular flexibility index (Phi) is 6.74. The highest BCUT2D eigenvalue weighted by atomic mass is 16.3. The molecule has 1 atom stereocenters. The molecular weight excluding hydrogens is 402 g/mol. The number of furan rings is 1. The molecule has 0 saturated carbocycles. The molecule has 0 fully saturated rings. The Morgan fingerprint density at radius 2 is 1.91 bits per heavy atom. The van der Waals surface area contributed by atoms with E-state index < -0.39 is 0 Å². The van der Waals surface area contributed by atoms with Gasteiger partial charge in [0, 0.05) is 31.6 Å². The second-order valence-electron chi connectivity index (χ2n) is 9.26. The van der Waals surface area contributed by atoms with Crippen molar-refractivity contribution in [1.82, 2.24) is 25.0 Å². The van der Waals surface area contributed by atoms with E-state index in [1.165, 1.54) is 0 Å². The first-order valence-corrected chi connectivity index (χ1v) is 11.4. The highest BCUT2D eigenvalue weighted by molar-refractivity contribution is 5.94. The van der Waals surface area contributed by atoms with E-state index >= 15 is 0 Å². The first-order chi connectivity index (χ1) is 15.4. The van der Waals surface area contributed by atoms with Gasteiger partial charge < -0.3 is 14.3 Å². The molecule has 3 aromatic rings. The molecule has 0 saturated heterocycles. The van der Waals surface area contributed by atoms with Gasteiger partial charge >= 0.3 is 0 Å². The van der Waals surface area contributed by atoms with Crippen LogP contribution in [0.25, 0.3) is 0 Å². The number of aromatic nitrogens is 3. The summed E-state index contributed by atoms with van der Waals surface area (Å²) in [5.41, 5.74) is 2.86. The number of nitrogens with zero attached hydrogens (tertiary/aromatic N) is 4. The number of fused-ring (bicyclic) bond motifs is 1. The lowest BCUT2D eigenvalue weighted by Gasteiger charge is -2.22. The molecule has 1 aromatic carbocycles. The van der Waals surface area contributed by atoms with Crippen LogP contribution in [0.4, 0.5) is 0 Å². The molecule has 1 N–H and O–H groups in total. The molecule has 4 rings (SSSR count). The summed E-state index contributed by atoms with van der Waals surface area (Å²) in [7, 11) is 0. The van der Waals surface area contributed by atoms with E-state index in [2.05, 4.69) is 44.9 Å². The van der Waals surface area contributed by atoms with E-state index in [1.54, 1.807) is 6.26 Å².